The highest BCUT2D eigenvalue weighted by molar-refractivity contribution is 9.10. The lowest BCUT2D eigenvalue weighted by atomic mass is 10.2. The van der Waals surface area contributed by atoms with E-state index in [1.807, 2.05) is 0 Å². The molecule has 0 saturated heterocycles. The molecule has 3 nitrogen and oxygen atoms in total. The monoisotopic (exact) mass is 358 g/mol. The predicted octanol–water partition coefficient (Wildman–Crippen LogP) is 3.57. The van der Waals surface area contributed by atoms with Gasteiger partial charge in [0.1, 0.15) is 18.2 Å². The van der Waals surface area contributed by atoms with Crippen LogP contribution in [-0.2, 0) is 16.4 Å². The second kappa shape index (κ2) is 5.93. The Hall–Kier alpha value is -1.40. The van der Waals surface area contributed by atoms with E-state index in [4.69, 9.17) is 4.74 Å². The van der Waals surface area contributed by atoms with Gasteiger partial charge < -0.3 is 4.74 Å². The maximum absolute atomic E-state index is 13.2. The molecular formula is C14H12BrFO3S. The Balaban J connectivity index is 2.07. The molecule has 0 aliphatic carbocycles. The fourth-order valence-corrected chi connectivity index (χ4v) is 2.79. The van der Waals surface area contributed by atoms with Crippen LogP contribution in [0, 0.1) is 5.82 Å². The van der Waals surface area contributed by atoms with Crippen molar-refractivity contribution in [3.8, 4) is 5.75 Å². The minimum absolute atomic E-state index is 0.203. The molecule has 0 unspecified atom stereocenters. The molecule has 106 valence electrons. The van der Waals surface area contributed by atoms with Gasteiger partial charge in [-0.05, 0) is 48.0 Å². The van der Waals surface area contributed by atoms with Crippen molar-refractivity contribution in [3.63, 3.8) is 0 Å². The zero-order valence-corrected chi connectivity index (χ0v) is 13.0. The lowest BCUT2D eigenvalue weighted by Crippen LogP contribution is -1.99. The van der Waals surface area contributed by atoms with Gasteiger partial charge in [-0.15, -0.1) is 0 Å². The topological polar surface area (TPSA) is 43.4 Å². The van der Waals surface area contributed by atoms with Crippen molar-refractivity contribution in [1.29, 1.82) is 0 Å². The molecule has 0 amide bonds. The molecule has 0 saturated carbocycles. The van der Waals surface area contributed by atoms with Gasteiger partial charge in [0, 0.05) is 10.7 Å². The Labute approximate surface area is 125 Å². The molecule has 2 rings (SSSR count). The molecule has 0 heterocycles. The van der Waals surface area contributed by atoms with Crippen molar-refractivity contribution in [2.45, 2.75) is 11.5 Å². The number of halogens is 2. The fraction of sp³-hybridized carbons (Fsp3) is 0.143. The summed E-state index contributed by atoms with van der Waals surface area (Å²) in [7, 11) is -3.21. The van der Waals surface area contributed by atoms with E-state index in [2.05, 4.69) is 15.9 Å². The molecule has 0 bridgehead atoms. The molecule has 6 heteroatoms. The van der Waals surface area contributed by atoms with Crippen molar-refractivity contribution in [1.82, 2.24) is 0 Å². The Kier molecular flexibility index (Phi) is 4.45. The van der Waals surface area contributed by atoms with Crippen LogP contribution >= 0.6 is 15.9 Å². The Morgan fingerprint density at radius 1 is 1.15 bits per heavy atom. The second-order valence-electron chi connectivity index (χ2n) is 4.31. The van der Waals surface area contributed by atoms with E-state index in [9.17, 15) is 12.8 Å². The van der Waals surface area contributed by atoms with Crippen LogP contribution in [-0.4, -0.2) is 14.7 Å². The zero-order valence-electron chi connectivity index (χ0n) is 10.6. The average Bonchev–Trinajstić information content (AvgIpc) is 2.35. The van der Waals surface area contributed by atoms with E-state index in [-0.39, 0.29) is 17.3 Å². The maximum atomic E-state index is 13.2. The van der Waals surface area contributed by atoms with Crippen LogP contribution in [0.15, 0.2) is 51.8 Å². The first-order valence-corrected chi connectivity index (χ1v) is 8.41. The van der Waals surface area contributed by atoms with Gasteiger partial charge in [0.25, 0.3) is 0 Å². The number of sulfone groups is 1. The van der Waals surface area contributed by atoms with E-state index in [0.29, 0.717) is 15.8 Å². The first kappa shape index (κ1) is 15.0. The molecule has 2 aromatic rings. The third-order valence-electron chi connectivity index (χ3n) is 2.58. The standard InChI is InChI=1S/C14H12BrFO3S/c1-20(17,18)14-4-2-13(3-5-14)19-9-10-6-11(15)8-12(16)7-10/h2-8H,9H2,1H3. The Morgan fingerprint density at radius 3 is 2.35 bits per heavy atom. The van der Waals surface area contributed by atoms with E-state index in [1.54, 1.807) is 18.2 Å². The summed E-state index contributed by atoms with van der Waals surface area (Å²) in [5.74, 6) is 0.184. The summed E-state index contributed by atoms with van der Waals surface area (Å²) in [5, 5.41) is 0. The lowest BCUT2D eigenvalue weighted by molar-refractivity contribution is 0.305. The van der Waals surface area contributed by atoms with E-state index in [0.717, 1.165) is 6.26 Å². The molecule has 2 aromatic carbocycles. The molecule has 20 heavy (non-hydrogen) atoms. The van der Waals surface area contributed by atoms with Gasteiger partial charge >= 0.3 is 0 Å². The number of rotatable bonds is 4. The largest absolute Gasteiger partial charge is 0.489 e. The molecular weight excluding hydrogens is 347 g/mol. The van der Waals surface area contributed by atoms with Crippen LogP contribution in [0.4, 0.5) is 4.39 Å². The van der Waals surface area contributed by atoms with Gasteiger partial charge in [0.05, 0.1) is 4.90 Å². The van der Waals surface area contributed by atoms with E-state index >= 15 is 0 Å². The van der Waals surface area contributed by atoms with E-state index < -0.39 is 9.84 Å². The van der Waals surface area contributed by atoms with Crippen LogP contribution in [0.3, 0.4) is 0 Å². The SMILES string of the molecule is CS(=O)(=O)c1ccc(OCc2cc(F)cc(Br)c2)cc1. The summed E-state index contributed by atoms with van der Waals surface area (Å²) in [5.41, 5.74) is 0.684. The van der Waals surface area contributed by atoms with Crippen LogP contribution in [0.25, 0.3) is 0 Å². The summed E-state index contributed by atoms with van der Waals surface area (Å²) in [6.45, 7) is 0.203. The molecule has 0 atom stereocenters. The van der Waals surface area contributed by atoms with Crippen molar-refractivity contribution in [3.05, 3.63) is 58.3 Å². The minimum Gasteiger partial charge on any atom is -0.489 e. The van der Waals surface area contributed by atoms with Crippen molar-refractivity contribution < 1.29 is 17.5 Å². The first-order chi connectivity index (χ1) is 9.34. The Morgan fingerprint density at radius 2 is 1.80 bits per heavy atom. The summed E-state index contributed by atoms with van der Waals surface area (Å²) in [4.78, 5) is 0.235. The fourth-order valence-electron chi connectivity index (χ4n) is 1.64. The summed E-state index contributed by atoms with van der Waals surface area (Å²) >= 11 is 3.21. The second-order valence-corrected chi connectivity index (χ2v) is 7.24. The number of benzene rings is 2. The van der Waals surface area contributed by atoms with Crippen LogP contribution in [0.2, 0.25) is 0 Å². The molecule has 0 aromatic heterocycles. The van der Waals surface area contributed by atoms with Gasteiger partial charge in [-0.1, -0.05) is 15.9 Å². The summed E-state index contributed by atoms with van der Waals surface area (Å²) in [6, 6.07) is 10.6. The smallest absolute Gasteiger partial charge is 0.175 e. The number of hydrogen-bond donors (Lipinski definition) is 0. The molecule has 0 aliphatic rings. The quantitative estimate of drug-likeness (QED) is 0.838. The van der Waals surface area contributed by atoms with Gasteiger partial charge in [0.15, 0.2) is 9.84 Å². The van der Waals surface area contributed by atoms with Gasteiger partial charge in [-0.2, -0.15) is 0 Å². The molecule has 0 aliphatic heterocycles. The highest BCUT2D eigenvalue weighted by atomic mass is 79.9. The van der Waals surface area contributed by atoms with E-state index in [1.165, 1.54) is 24.3 Å². The highest BCUT2D eigenvalue weighted by Crippen LogP contribution is 2.19. The molecule has 0 fully saturated rings. The third kappa shape index (κ3) is 4.05. The highest BCUT2D eigenvalue weighted by Gasteiger charge is 2.06. The van der Waals surface area contributed by atoms with Gasteiger partial charge in [0.2, 0.25) is 0 Å². The lowest BCUT2D eigenvalue weighted by Gasteiger charge is -2.07. The van der Waals surface area contributed by atoms with Crippen LogP contribution in [0.1, 0.15) is 5.56 Å². The Bertz CT molecular complexity index is 691. The molecule has 0 radical (unpaired) electrons. The van der Waals surface area contributed by atoms with Crippen LogP contribution < -0.4 is 4.74 Å². The average molecular weight is 359 g/mol. The minimum atomic E-state index is -3.21. The van der Waals surface area contributed by atoms with Crippen LogP contribution in [0.5, 0.6) is 5.75 Å². The first-order valence-electron chi connectivity index (χ1n) is 5.72. The van der Waals surface area contributed by atoms with Crippen molar-refractivity contribution in [2.75, 3.05) is 6.26 Å². The van der Waals surface area contributed by atoms with Gasteiger partial charge in [-0.3, -0.25) is 0 Å². The molecule has 0 N–H and O–H groups in total. The normalized spacial score (nSPS) is 11.3. The van der Waals surface area contributed by atoms with Crippen molar-refractivity contribution >= 4 is 25.8 Å². The number of hydrogen-bond acceptors (Lipinski definition) is 3. The van der Waals surface area contributed by atoms with Gasteiger partial charge in [-0.25, -0.2) is 12.8 Å². The summed E-state index contributed by atoms with van der Waals surface area (Å²) in [6.07, 6.45) is 1.15. The maximum Gasteiger partial charge on any atom is 0.175 e. The number of ether oxygens (including phenoxy) is 1. The predicted molar refractivity (Wildman–Crippen MR) is 78.0 cm³/mol. The summed E-state index contributed by atoms with van der Waals surface area (Å²) < 4.78 is 41.9. The zero-order chi connectivity index (χ0) is 14.8. The molecule has 0 spiro atoms. The van der Waals surface area contributed by atoms with Crippen molar-refractivity contribution in [2.24, 2.45) is 0 Å². The third-order valence-corrected chi connectivity index (χ3v) is 4.17.